The number of aryl methyl sites for hydroxylation is 2. The van der Waals surface area contributed by atoms with Crippen LogP contribution >= 0.6 is 0 Å². The Bertz CT molecular complexity index is 759. The van der Waals surface area contributed by atoms with Gasteiger partial charge in [0, 0.05) is 25.5 Å². The van der Waals surface area contributed by atoms with Crippen LogP contribution < -0.4 is 14.7 Å². The van der Waals surface area contributed by atoms with Gasteiger partial charge in [0.25, 0.3) is 0 Å². The summed E-state index contributed by atoms with van der Waals surface area (Å²) in [6.45, 7) is 4.75. The third-order valence-corrected chi connectivity index (χ3v) is 4.01. The number of hydrogen-bond acceptors (Lipinski definition) is 2. The molecule has 0 spiro atoms. The van der Waals surface area contributed by atoms with Crippen molar-refractivity contribution in [3.63, 3.8) is 0 Å². The summed E-state index contributed by atoms with van der Waals surface area (Å²) in [7, 11) is 3.79. The SMILES string of the molecule is COn1c(CNCCn2cccc2)[n+](C)c2cc(C)ccc21. The Labute approximate surface area is 130 Å². The maximum absolute atomic E-state index is 5.57. The van der Waals surface area contributed by atoms with Crippen LogP contribution in [-0.4, -0.2) is 23.0 Å². The molecule has 116 valence electrons. The van der Waals surface area contributed by atoms with Crippen molar-refractivity contribution in [3.8, 4) is 0 Å². The van der Waals surface area contributed by atoms with Gasteiger partial charge in [0.05, 0.1) is 7.05 Å². The summed E-state index contributed by atoms with van der Waals surface area (Å²) in [5.74, 6) is 1.11. The van der Waals surface area contributed by atoms with E-state index in [-0.39, 0.29) is 0 Å². The smallest absolute Gasteiger partial charge is 0.311 e. The second-order valence-electron chi connectivity index (χ2n) is 5.54. The van der Waals surface area contributed by atoms with E-state index in [0.717, 1.165) is 31.0 Å². The van der Waals surface area contributed by atoms with Crippen LogP contribution in [0.5, 0.6) is 0 Å². The van der Waals surface area contributed by atoms with Gasteiger partial charge in [0.15, 0.2) is 5.52 Å². The van der Waals surface area contributed by atoms with Crippen molar-refractivity contribution < 1.29 is 9.40 Å². The summed E-state index contributed by atoms with van der Waals surface area (Å²) in [4.78, 5) is 5.57. The quantitative estimate of drug-likeness (QED) is 0.552. The fraction of sp³-hybridized carbons (Fsp3) is 0.353. The third-order valence-electron chi connectivity index (χ3n) is 4.01. The molecule has 0 bridgehead atoms. The first-order valence-corrected chi connectivity index (χ1v) is 7.56. The van der Waals surface area contributed by atoms with E-state index in [1.807, 2.05) is 16.9 Å². The zero-order chi connectivity index (χ0) is 15.5. The summed E-state index contributed by atoms with van der Waals surface area (Å²) in [5.41, 5.74) is 3.53. The highest BCUT2D eigenvalue weighted by molar-refractivity contribution is 5.72. The van der Waals surface area contributed by atoms with Gasteiger partial charge in [-0.05, 0) is 41.5 Å². The number of benzene rings is 1. The van der Waals surface area contributed by atoms with E-state index in [4.69, 9.17) is 4.84 Å². The molecule has 0 aliphatic carbocycles. The third kappa shape index (κ3) is 2.72. The molecule has 2 heterocycles. The first-order valence-electron chi connectivity index (χ1n) is 7.56. The molecule has 0 saturated heterocycles. The van der Waals surface area contributed by atoms with Crippen LogP contribution in [0.25, 0.3) is 11.0 Å². The topological polar surface area (TPSA) is 35.0 Å². The predicted octanol–water partition coefficient (Wildman–Crippen LogP) is 1.42. The minimum absolute atomic E-state index is 0.763. The van der Waals surface area contributed by atoms with Crippen molar-refractivity contribution in [2.45, 2.75) is 20.0 Å². The maximum atomic E-state index is 5.57. The fourth-order valence-corrected chi connectivity index (χ4v) is 2.81. The lowest BCUT2D eigenvalue weighted by Gasteiger charge is -2.05. The molecule has 5 nitrogen and oxygen atoms in total. The molecular formula is C17H23N4O+. The Morgan fingerprint density at radius 1 is 1.23 bits per heavy atom. The lowest BCUT2D eigenvalue weighted by molar-refractivity contribution is -0.655. The molecule has 0 aliphatic heterocycles. The highest BCUT2D eigenvalue weighted by atomic mass is 16.6. The van der Waals surface area contributed by atoms with E-state index in [1.54, 1.807) is 7.11 Å². The normalized spacial score (nSPS) is 11.2. The van der Waals surface area contributed by atoms with Gasteiger partial charge in [-0.15, -0.1) is 0 Å². The summed E-state index contributed by atoms with van der Waals surface area (Å²) >= 11 is 0. The van der Waals surface area contributed by atoms with Gasteiger partial charge >= 0.3 is 5.82 Å². The summed E-state index contributed by atoms with van der Waals surface area (Å²) in [6.07, 6.45) is 4.16. The molecular weight excluding hydrogens is 276 g/mol. The maximum Gasteiger partial charge on any atom is 0.311 e. The van der Waals surface area contributed by atoms with Gasteiger partial charge in [-0.1, -0.05) is 6.07 Å². The fourth-order valence-electron chi connectivity index (χ4n) is 2.81. The Balaban J connectivity index is 1.76. The number of nitrogens with one attached hydrogen (secondary N) is 1. The zero-order valence-corrected chi connectivity index (χ0v) is 13.4. The Hall–Kier alpha value is -2.27. The second kappa shape index (κ2) is 6.23. The summed E-state index contributed by atoms with van der Waals surface area (Å²) in [6, 6.07) is 10.5. The van der Waals surface area contributed by atoms with Crippen LogP contribution in [0.2, 0.25) is 0 Å². The van der Waals surface area contributed by atoms with E-state index in [0.29, 0.717) is 0 Å². The van der Waals surface area contributed by atoms with Crippen molar-refractivity contribution in [3.05, 3.63) is 54.1 Å². The van der Waals surface area contributed by atoms with Crippen molar-refractivity contribution in [1.29, 1.82) is 0 Å². The van der Waals surface area contributed by atoms with Crippen LogP contribution in [-0.2, 0) is 20.1 Å². The Morgan fingerprint density at radius 2 is 2.00 bits per heavy atom. The molecule has 1 aromatic carbocycles. The number of aromatic nitrogens is 3. The molecule has 2 aromatic heterocycles. The van der Waals surface area contributed by atoms with Crippen molar-refractivity contribution in [2.24, 2.45) is 7.05 Å². The van der Waals surface area contributed by atoms with Crippen molar-refractivity contribution in [1.82, 2.24) is 14.6 Å². The molecule has 0 aliphatic rings. The highest BCUT2D eigenvalue weighted by Crippen LogP contribution is 2.14. The molecule has 22 heavy (non-hydrogen) atoms. The molecule has 0 atom stereocenters. The molecule has 3 rings (SSSR count). The second-order valence-corrected chi connectivity index (χ2v) is 5.54. The van der Waals surface area contributed by atoms with E-state index >= 15 is 0 Å². The van der Waals surface area contributed by atoms with Crippen molar-refractivity contribution >= 4 is 11.0 Å². The molecule has 0 fully saturated rings. The average molecular weight is 299 g/mol. The van der Waals surface area contributed by atoms with Crippen molar-refractivity contribution in [2.75, 3.05) is 13.7 Å². The van der Waals surface area contributed by atoms with E-state index < -0.39 is 0 Å². The summed E-state index contributed by atoms with van der Waals surface area (Å²) in [5, 5.41) is 3.49. The monoisotopic (exact) mass is 299 g/mol. The molecule has 0 unspecified atom stereocenters. The van der Waals surface area contributed by atoms with Gasteiger partial charge in [-0.3, -0.25) is 0 Å². The Morgan fingerprint density at radius 3 is 2.73 bits per heavy atom. The highest BCUT2D eigenvalue weighted by Gasteiger charge is 2.23. The molecule has 0 amide bonds. The molecule has 0 saturated carbocycles. The van der Waals surface area contributed by atoms with Gasteiger partial charge in [0.1, 0.15) is 13.7 Å². The number of rotatable bonds is 6. The van der Waals surface area contributed by atoms with Crippen LogP contribution in [0.4, 0.5) is 0 Å². The van der Waals surface area contributed by atoms with Crippen LogP contribution in [0.3, 0.4) is 0 Å². The predicted molar refractivity (Wildman–Crippen MR) is 86.5 cm³/mol. The van der Waals surface area contributed by atoms with Gasteiger partial charge in [-0.2, -0.15) is 0 Å². The van der Waals surface area contributed by atoms with Gasteiger partial charge in [-0.25, -0.2) is 4.57 Å². The number of fused-ring (bicyclic) bond motifs is 1. The molecule has 3 aromatic rings. The zero-order valence-electron chi connectivity index (χ0n) is 13.4. The van der Waals surface area contributed by atoms with Crippen LogP contribution in [0, 0.1) is 6.92 Å². The number of imidazole rings is 1. The molecule has 1 N–H and O–H groups in total. The van der Waals surface area contributed by atoms with E-state index in [1.165, 1.54) is 11.1 Å². The van der Waals surface area contributed by atoms with E-state index in [2.05, 4.69) is 59.0 Å². The first-order chi connectivity index (χ1) is 10.7. The van der Waals surface area contributed by atoms with Gasteiger partial charge in [0.2, 0.25) is 5.52 Å². The molecule has 0 radical (unpaired) electrons. The minimum Gasteiger partial charge on any atom is -0.353 e. The van der Waals surface area contributed by atoms with Gasteiger partial charge < -0.3 is 14.7 Å². The molecule has 5 heteroatoms. The van der Waals surface area contributed by atoms with E-state index in [9.17, 15) is 0 Å². The number of nitrogens with zero attached hydrogens (tertiary/aromatic N) is 3. The average Bonchev–Trinajstić information content (AvgIpc) is 3.11. The lowest BCUT2D eigenvalue weighted by atomic mass is 10.2. The minimum atomic E-state index is 0.763. The largest absolute Gasteiger partial charge is 0.353 e. The number of hydrogen-bond donors (Lipinski definition) is 1. The Kier molecular flexibility index (Phi) is 4.15. The lowest BCUT2D eigenvalue weighted by Crippen LogP contribution is -2.37. The standard InChI is InChI=1S/C17H23N4O/c1-14-6-7-15-16(12-14)19(2)17(21(15)22-3)13-18-8-11-20-9-4-5-10-20/h4-7,9-10,12,18H,8,11,13H2,1-3H3/q+1. The van der Waals surface area contributed by atoms with Crippen LogP contribution in [0.15, 0.2) is 42.7 Å². The summed E-state index contributed by atoms with van der Waals surface area (Å²) < 4.78 is 6.26. The first kappa shape index (κ1) is 14.7. The van der Waals surface area contributed by atoms with Crippen LogP contribution in [0.1, 0.15) is 11.4 Å².